The lowest BCUT2D eigenvalue weighted by atomic mass is 10.0. The number of ether oxygens (including phenoxy) is 1. The van der Waals surface area contributed by atoms with Gasteiger partial charge in [0.2, 0.25) is 5.91 Å². The van der Waals surface area contributed by atoms with Crippen molar-refractivity contribution in [3.63, 3.8) is 0 Å². The molecule has 0 aromatic carbocycles. The minimum absolute atomic E-state index is 0.0253. The summed E-state index contributed by atoms with van der Waals surface area (Å²) in [6.07, 6.45) is 3.14. The Morgan fingerprint density at radius 2 is 2.16 bits per heavy atom. The van der Waals surface area contributed by atoms with E-state index < -0.39 is 17.9 Å². The Labute approximate surface area is 148 Å². The topological polar surface area (TPSA) is 108 Å². The zero-order valence-corrected chi connectivity index (χ0v) is 15.0. The molecule has 2 heterocycles. The fourth-order valence-electron chi connectivity index (χ4n) is 2.32. The monoisotopic (exact) mass is 367 g/mol. The summed E-state index contributed by atoms with van der Waals surface area (Å²) in [6.45, 7) is 1.73. The maximum atomic E-state index is 12.4. The smallest absolute Gasteiger partial charge is 0.445 e. The van der Waals surface area contributed by atoms with Gasteiger partial charge in [0.05, 0.1) is 26.5 Å². The predicted molar refractivity (Wildman–Crippen MR) is 91.5 cm³/mol. The molecule has 2 rings (SSSR count). The molecule has 0 radical (unpaired) electrons. The first-order valence-electron chi connectivity index (χ1n) is 7.58. The van der Waals surface area contributed by atoms with Crippen molar-refractivity contribution in [2.75, 3.05) is 33.0 Å². The van der Waals surface area contributed by atoms with Crippen molar-refractivity contribution in [1.29, 1.82) is 0 Å². The van der Waals surface area contributed by atoms with Crippen molar-refractivity contribution >= 4 is 47.6 Å². The van der Waals surface area contributed by atoms with Crippen molar-refractivity contribution in [3.8, 4) is 0 Å². The molecule has 0 aromatic heterocycles. The molecule has 2 aliphatic heterocycles. The summed E-state index contributed by atoms with van der Waals surface area (Å²) in [4.78, 5) is 53.2. The maximum absolute atomic E-state index is 12.4. The molecule has 9 nitrogen and oxygen atoms in total. The fourth-order valence-corrected chi connectivity index (χ4v) is 3.25. The number of hydrogen-bond donors (Lipinski definition) is 1. The molecule has 0 aromatic rings. The first-order chi connectivity index (χ1) is 11.9. The molecule has 1 N–H and O–H groups in total. The van der Waals surface area contributed by atoms with Gasteiger partial charge in [0.25, 0.3) is 5.84 Å². The van der Waals surface area contributed by atoms with Crippen LogP contribution < -0.4 is 5.32 Å². The lowest BCUT2D eigenvalue weighted by Crippen LogP contribution is -2.52. The molecule has 4 amide bonds. The Kier molecular flexibility index (Phi) is 6.07. The van der Waals surface area contributed by atoms with E-state index in [1.165, 1.54) is 17.8 Å². The van der Waals surface area contributed by atoms with Crippen molar-refractivity contribution in [2.45, 2.75) is 6.92 Å². The van der Waals surface area contributed by atoms with Gasteiger partial charge in [-0.1, -0.05) is 0 Å². The number of esters is 1. The minimum Gasteiger partial charge on any atom is -0.465 e. The summed E-state index contributed by atoms with van der Waals surface area (Å²) < 4.78 is 6.04. The molecule has 0 aliphatic carbocycles. The third-order valence-electron chi connectivity index (χ3n) is 3.59. The molecule has 0 saturated carbocycles. The molecule has 0 saturated heterocycles. The first-order valence-corrected chi connectivity index (χ1v) is 8.56. The lowest BCUT2D eigenvalue weighted by Gasteiger charge is -2.26. The number of carbonyl (C=O) groups is 4. The van der Waals surface area contributed by atoms with E-state index in [1.807, 2.05) is 0 Å². The highest BCUT2D eigenvalue weighted by molar-refractivity contribution is 8.03. The van der Waals surface area contributed by atoms with Crippen LogP contribution in [0.1, 0.15) is 6.92 Å². The highest BCUT2D eigenvalue weighted by Crippen LogP contribution is 2.31. The van der Waals surface area contributed by atoms with Gasteiger partial charge < -0.3 is 10.1 Å². The number of aliphatic imine (C=N–C) groups is 1. The standard InChI is InChI=1S/C15H18N4O5S/c1-4-24-11(21)7-17-10(20)8-25-9-5-6-16-13-12(9)14(22)19(3)15(23)18(13)2/h5-6,12H,4,7-8H2,1-3H3/p+1. The summed E-state index contributed by atoms with van der Waals surface area (Å²) >= 11 is 1.16. The maximum Gasteiger partial charge on any atom is 0.445 e. The van der Waals surface area contributed by atoms with E-state index >= 15 is 0 Å². The van der Waals surface area contributed by atoms with E-state index in [-0.39, 0.29) is 30.7 Å². The number of thioether (sulfide) groups is 1. The summed E-state index contributed by atoms with van der Waals surface area (Å²) in [5.41, 5.74) is 0. The van der Waals surface area contributed by atoms with Gasteiger partial charge in [0, 0.05) is 4.91 Å². The van der Waals surface area contributed by atoms with Crippen LogP contribution in [0.5, 0.6) is 0 Å². The average Bonchev–Trinajstić information content (AvgIpc) is 2.61. The Balaban J connectivity index is 2.01. The van der Waals surface area contributed by atoms with E-state index in [9.17, 15) is 19.2 Å². The van der Waals surface area contributed by atoms with E-state index in [0.717, 1.165) is 16.7 Å². The van der Waals surface area contributed by atoms with Crippen LogP contribution in [0.3, 0.4) is 0 Å². The van der Waals surface area contributed by atoms with Gasteiger partial charge >= 0.3 is 17.9 Å². The number of urea groups is 1. The second-order valence-corrected chi connectivity index (χ2v) is 6.30. The van der Waals surface area contributed by atoms with Crippen LogP contribution in [-0.4, -0.2) is 78.3 Å². The lowest BCUT2D eigenvalue weighted by molar-refractivity contribution is -0.407. The van der Waals surface area contributed by atoms with Gasteiger partial charge in [-0.15, -0.1) is 16.8 Å². The summed E-state index contributed by atoms with van der Waals surface area (Å²) in [6, 6.07) is -0.452. The predicted octanol–water partition coefficient (Wildman–Crippen LogP) is -0.384. The number of hydrogen-bond acceptors (Lipinski definition) is 7. The molecule has 134 valence electrons. The van der Waals surface area contributed by atoms with Crippen LogP contribution in [0, 0.1) is 5.92 Å². The number of dihydropyridines is 1. The Morgan fingerprint density at radius 3 is 2.84 bits per heavy atom. The zero-order chi connectivity index (χ0) is 18.6. The molecule has 0 spiro atoms. The van der Waals surface area contributed by atoms with Crippen LogP contribution in [0.2, 0.25) is 0 Å². The van der Waals surface area contributed by atoms with Crippen LogP contribution >= 0.6 is 11.8 Å². The highest BCUT2D eigenvalue weighted by Gasteiger charge is 2.47. The number of allylic oxidation sites excluding steroid dienone is 1. The quantitative estimate of drug-likeness (QED) is 0.506. The zero-order valence-electron chi connectivity index (χ0n) is 14.1. The molecular weight excluding hydrogens is 348 g/mol. The van der Waals surface area contributed by atoms with E-state index in [0.29, 0.717) is 10.7 Å². The normalized spacial score (nSPS) is 19.6. The number of fused-ring (bicyclic) bond motifs is 1. The van der Waals surface area contributed by atoms with Gasteiger partial charge in [-0.25, -0.2) is 4.79 Å². The van der Waals surface area contributed by atoms with Crippen LogP contribution in [0.4, 0.5) is 4.79 Å². The van der Waals surface area contributed by atoms with Crippen molar-refractivity contribution in [3.05, 3.63) is 11.0 Å². The number of nitrogens with one attached hydrogen (secondary N) is 1. The van der Waals surface area contributed by atoms with Gasteiger partial charge in [0.15, 0.2) is 5.92 Å². The van der Waals surface area contributed by atoms with Gasteiger partial charge in [0.1, 0.15) is 12.8 Å². The largest absolute Gasteiger partial charge is 0.465 e. The molecule has 1 unspecified atom stereocenters. The van der Waals surface area contributed by atoms with Gasteiger partial charge in [-0.3, -0.25) is 14.4 Å². The number of nitrogens with zero attached hydrogens (tertiary/aromatic N) is 3. The molecule has 2 aliphatic rings. The number of rotatable bonds is 6. The number of carbonyl (C=O) groups excluding carboxylic acids is 4. The van der Waals surface area contributed by atoms with E-state index in [2.05, 4.69) is 10.3 Å². The Hall–Kier alpha value is -2.49. The molecule has 0 bridgehead atoms. The number of amidine groups is 1. The first kappa shape index (κ1) is 18.8. The van der Waals surface area contributed by atoms with Crippen molar-refractivity contribution in [2.24, 2.45) is 10.9 Å². The molecule has 25 heavy (non-hydrogen) atoms. The third-order valence-corrected chi connectivity index (χ3v) is 4.70. The fraction of sp³-hybridized carbons (Fsp3) is 0.467. The van der Waals surface area contributed by atoms with E-state index in [1.54, 1.807) is 20.0 Å². The van der Waals surface area contributed by atoms with Crippen LogP contribution in [0.25, 0.3) is 0 Å². The third kappa shape index (κ3) is 4.13. The molecule has 10 heteroatoms. The summed E-state index contributed by atoms with van der Waals surface area (Å²) in [5.74, 6) is -1.60. The second kappa shape index (κ2) is 8.06. The van der Waals surface area contributed by atoms with Crippen LogP contribution in [-0.2, 0) is 19.1 Å². The molecular formula is C15H19N4O5S+. The minimum atomic E-state index is -0.708. The van der Waals surface area contributed by atoms with Gasteiger partial charge in [-0.2, -0.15) is 9.48 Å². The molecule has 1 atom stereocenters. The average molecular weight is 367 g/mol. The number of amides is 4. The van der Waals surface area contributed by atoms with Crippen molar-refractivity contribution < 1.29 is 28.5 Å². The van der Waals surface area contributed by atoms with Crippen LogP contribution in [0.15, 0.2) is 16.0 Å². The van der Waals surface area contributed by atoms with E-state index in [4.69, 9.17) is 4.74 Å². The number of imide groups is 1. The van der Waals surface area contributed by atoms with Crippen molar-refractivity contribution in [1.82, 2.24) is 10.2 Å². The highest BCUT2D eigenvalue weighted by atomic mass is 32.2. The Bertz CT molecular complexity index is 713. The summed E-state index contributed by atoms with van der Waals surface area (Å²) in [5, 5.41) is 2.45. The second-order valence-electron chi connectivity index (χ2n) is 5.25. The Morgan fingerprint density at radius 1 is 1.44 bits per heavy atom. The van der Waals surface area contributed by atoms with Gasteiger partial charge in [-0.05, 0) is 13.0 Å². The SMILES string of the molecule is CCOC(=O)CNC(=O)CSC1=CC=NC2=[N+](C)C(=O)N(C)C(=O)C12. The summed E-state index contributed by atoms with van der Waals surface area (Å²) in [7, 11) is 2.95. The molecule has 0 fully saturated rings.